The molecular weight excluding hydrogens is 160 g/mol. The number of thioether (sulfide) groups is 1. The molecule has 1 aliphatic rings. The zero-order valence-corrected chi connectivity index (χ0v) is 7.65. The molecule has 2 heterocycles. The molecule has 10 heavy (non-hydrogen) atoms. The lowest BCUT2D eigenvalue weighted by Crippen LogP contribution is -1.92. The summed E-state index contributed by atoms with van der Waals surface area (Å²) in [5.74, 6) is 1.32. The van der Waals surface area contributed by atoms with Gasteiger partial charge in [0.1, 0.15) is 0 Å². The Morgan fingerprint density at radius 2 is 2.40 bits per heavy atom. The molecule has 0 atom stereocenters. The van der Waals surface area contributed by atoms with Crippen LogP contribution in [0, 0.1) is 6.92 Å². The fourth-order valence-corrected chi connectivity index (χ4v) is 3.63. The molecule has 0 spiro atoms. The van der Waals surface area contributed by atoms with Crippen molar-refractivity contribution in [2.24, 2.45) is 0 Å². The average Bonchev–Trinajstić information content (AvgIpc) is 2.27. The quantitative estimate of drug-likeness (QED) is 0.576. The summed E-state index contributed by atoms with van der Waals surface area (Å²) in [5, 5.41) is 0. The third kappa shape index (κ3) is 1.10. The van der Waals surface area contributed by atoms with Crippen molar-refractivity contribution in [3.63, 3.8) is 0 Å². The van der Waals surface area contributed by atoms with Crippen LogP contribution in [0.2, 0.25) is 0 Å². The lowest BCUT2D eigenvalue weighted by molar-refractivity contribution is 0.914. The Kier molecular flexibility index (Phi) is 1.75. The summed E-state index contributed by atoms with van der Waals surface area (Å²) in [6, 6.07) is 2.32. The highest BCUT2D eigenvalue weighted by molar-refractivity contribution is 7.99. The maximum absolute atomic E-state index is 2.32. The van der Waals surface area contributed by atoms with Crippen LogP contribution in [0.15, 0.2) is 11.0 Å². The molecule has 0 aromatic carbocycles. The lowest BCUT2D eigenvalue weighted by Gasteiger charge is -2.08. The zero-order chi connectivity index (χ0) is 6.97. The van der Waals surface area contributed by atoms with Crippen LogP contribution in [0.3, 0.4) is 0 Å². The molecule has 0 unspecified atom stereocenters. The monoisotopic (exact) mass is 170 g/mol. The van der Waals surface area contributed by atoms with Crippen molar-refractivity contribution >= 4 is 23.1 Å². The van der Waals surface area contributed by atoms with Crippen molar-refractivity contribution < 1.29 is 0 Å². The molecule has 1 aromatic rings. The van der Waals surface area contributed by atoms with E-state index in [1.807, 2.05) is 23.1 Å². The Morgan fingerprint density at radius 3 is 3.20 bits per heavy atom. The second kappa shape index (κ2) is 2.59. The van der Waals surface area contributed by atoms with Gasteiger partial charge in [-0.15, -0.1) is 23.1 Å². The van der Waals surface area contributed by atoms with E-state index in [-0.39, 0.29) is 0 Å². The number of hydrogen-bond acceptors (Lipinski definition) is 2. The van der Waals surface area contributed by atoms with Gasteiger partial charge in [-0.05, 0) is 31.6 Å². The molecule has 0 saturated carbocycles. The van der Waals surface area contributed by atoms with Crippen molar-refractivity contribution in [2.45, 2.75) is 24.7 Å². The van der Waals surface area contributed by atoms with Crippen LogP contribution in [-0.4, -0.2) is 5.75 Å². The van der Waals surface area contributed by atoms with Gasteiger partial charge in [-0.3, -0.25) is 0 Å². The van der Waals surface area contributed by atoms with Crippen molar-refractivity contribution in [1.29, 1.82) is 0 Å². The van der Waals surface area contributed by atoms with E-state index in [0.717, 1.165) is 0 Å². The van der Waals surface area contributed by atoms with Crippen molar-refractivity contribution in [2.75, 3.05) is 5.75 Å². The smallest absolute Gasteiger partial charge is 0.0214 e. The van der Waals surface area contributed by atoms with E-state index in [9.17, 15) is 0 Å². The Bertz CT molecular complexity index is 214. The minimum atomic E-state index is 1.32. The zero-order valence-electron chi connectivity index (χ0n) is 6.02. The number of thiophene rings is 1. The predicted octanol–water partition coefficient (Wildman–Crippen LogP) is 3.09. The highest BCUT2D eigenvalue weighted by atomic mass is 32.2. The van der Waals surface area contributed by atoms with Gasteiger partial charge in [-0.1, -0.05) is 0 Å². The van der Waals surface area contributed by atoms with Crippen LogP contribution in [0.4, 0.5) is 0 Å². The molecule has 0 N–H and O–H groups in total. The van der Waals surface area contributed by atoms with Crippen molar-refractivity contribution in [1.82, 2.24) is 0 Å². The van der Waals surface area contributed by atoms with Crippen molar-refractivity contribution in [3.8, 4) is 0 Å². The van der Waals surface area contributed by atoms with E-state index in [4.69, 9.17) is 0 Å². The minimum Gasteiger partial charge on any atom is -0.145 e. The first kappa shape index (κ1) is 6.74. The van der Waals surface area contributed by atoms with Gasteiger partial charge >= 0.3 is 0 Å². The Balaban J connectivity index is 2.41. The maximum atomic E-state index is 2.32. The second-order valence-corrected chi connectivity index (χ2v) is 5.07. The van der Waals surface area contributed by atoms with E-state index in [2.05, 4.69) is 13.0 Å². The summed E-state index contributed by atoms with van der Waals surface area (Å²) in [5.41, 5.74) is 0. The van der Waals surface area contributed by atoms with Gasteiger partial charge in [-0.2, -0.15) is 0 Å². The van der Waals surface area contributed by atoms with Crippen LogP contribution in [0.1, 0.15) is 16.2 Å². The summed E-state index contributed by atoms with van der Waals surface area (Å²) >= 11 is 3.99. The molecule has 0 aliphatic carbocycles. The van der Waals surface area contributed by atoms with Gasteiger partial charge in [0.2, 0.25) is 0 Å². The molecule has 54 valence electrons. The van der Waals surface area contributed by atoms with E-state index >= 15 is 0 Å². The van der Waals surface area contributed by atoms with Crippen LogP contribution in [-0.2, 0) is 6.42 Å². The predicted molar refractivity (Wildman–Crippen MR) is 48.1 cm³/mol. The van der Waals surface area contributed by atoms with Crippen LogP contribution in [0.25, 0.3) is 0 Å². The first-order valence-electron chi connectivity index (χ1n) is 3.58. The number of fused-ring (bicyclic) bond motifs is 1. The van der Waals surface area contributed by atoms with Crippen molar-refractivity contribution in [3.05, 3.63) is 15.8 Å². The van der Waals surface area contributed by atoms with E-state index in [0.29, 0.717) is 0 Å². The topological polar surface area (TPSA) is 0 Å². The lowest BCUT2D eigenvalue weighted by atomic mass is 10.3. The molecule has 2 heteroatoms. The number of hydrogen-bond donors (Lipinski definition) is 0. The molecule has 0 radical (unpaired) electrons. The maximum Gasteiger partial charge on any atom is 0.0214 e. The standard InChI is InChI=1S/C8H10S2/c1-6-5-8-7(10-6)3-2-4-9-8/h5H,2-4H2,1H3. The molecule has 2 rings (SSSR count). The number of aryl methyl sites for hydroxylation is 2. The van der Waals surface area contributed by atoms with Gasteiger partial charge < -0.3 is 0 Å². The minimum absolute atomic E-state index is 1.32. The van der Waals surface area contributed by atoms with Gasteiger partial charge in [0.25, 0.3) is 0 Å². The first-order valence-corrected chi connectivity index (χ1v) is 5.38. The molecule has 0 nitrogen and oxygen atoms in total. The molecular formula is C8H10S2. The number of rotatable bonds is 0. The molecule has 0 bridgehead atoms. The highest BCUT2D eigenvalue weighted by Crippen LogP contribution is 2.35. The van der Waals surface area contributed by atoms with Crippen LogP contribution in [0.5, 0.6) is 0 Å². The Hall–Kier alpha value is 0.0500. The SMILES string of the molecule is Cc1cc2c(s1)CCCS2. The average molecular weight is 170 g/mol. The van der Waals surface area contributed by atoms with Gasteiger partial charge in [0, 0.05) is 14.6 Å². The van der Waals surface area contributed by atoms with Gasteiger partial charge in [0.15, 0.2) is 0 Å². The summed E-state index contributed by atoms with van der Waals surface area (Å²) < 4.78 is 0. The molecule has 1 aromatic heterocycles. The third-order valence-corrected chi connectivity index (χ3v) is 4.11. The third-order valence-electron chi connectivity index (χ3n) is 1.70. The van der Waals surface area contributed by atoms with Crippen LogP contribution >= 0.6 is 23.1 Å². The normalized spacial score (nSPS) is 16.9. The largest absolute Gasteiger partial charge is 0.145 e. The summed E-state index contributed by atoms with van der Waals surface area (Å²) in [7, 11) is 0. The van der Waals surface area contributed by atoms with E-state index in [1.54, 1.807) is 9.77 Å². The van der Waals surface area contributed by atoms with Gasteiger partial charge in [0.05, 0.1) is 0 Å². The van der Waals surface area contributed by atoms with Crippen LogP contribution < -0.4 is 0 Å². The second-order valence-electron chi connectivity index (χ2n) is 2.60. The van der Waals surface area contributed by atoms with Gasteiger partial charge in [-0.25, -0.2) is 0 Å². The Labute approximate surface area is 69.6 Å². The van der Waals surface area contributed by atoms with E-state index < -0.39 is 0 Å². The fraction of sp³-hybridized carbons (Fsp3) is 0.500. The van der Waals surface area contributed by atoms with E-state index in [1.165, 1.54) is 23.5 Å². The summed E-state index contributed by atoms with van der Waals surface area (Å²) in [6.07, 6.45) is 2.69. The molecule has 0 saturated heterocycles. The summed E-state index contributed by atoms with van der Waals surface area (Å²) in [4.78, 5) is 4.64. The molecule has 0 amide bonds. The summed E-state index contributed by atoms with van der Waals surface area (Å²) in [6.45, 7) is 2.20. The molecule has 1 aliphatic heterocycles. The fourth-order valence-electron chi connectivity index (χ4n) is 1.25. The Morgan fingerprint density at radius 1 is 1.50 bits per heavy atom. The first-order chi connectivity index (χ1) is 4.86. The highest BCUT2D eigenvalue weighted by Gasteiger charge is 2.11. The molecule has 0 fully saturated rings.